The Morgan fingerprint density at radius 1 is 0.897 bits per heavy atom. The van der Waals surface area contributed by atoms with Crippen LogP contribution in [0.1, 0.15) is 5.56 Å². The Bertz CT molecular complexity index is 1050. The number of methoxy groups -OCH3 is 1. The summed E-state index contributed by atoms with van der Waals surface area (Å²) in [5.74, 6) is 2.05. The molecule has 6 nitrogen and oxygen atoms in total. The van der Waals surface area contributed by atoms with Gasteiger partial charge in [-0.2, -0.15) is 4.98 Å². The van der Waals surface area contributed by atoms with Crippen molar-refractivity contribution in [2.45, 2.75) is 6.54 Å². The second-order valence-electron chi connectivity index (χ2n) is 6.40. The van der Waals surface area contributed by atoms with Crippen molar-refractivity contribution >= 4 is 17.5 Å². The van der Waals surface area contributed by atoms with Crippen molar-refractivity contribution in [2.24, 2.45) is 0 Å². The minimum absolute atomic E-state index is 0.519. The minimum atomic E-state index is 0.519. The van der Waals surface area contributed by atoms with E-state index in [1.54, 1.807) is 13.3 Å². The van der Waals surface area contributed by atoms with Crippen molar-refractivity contribution in [1.82, 2.24) is 15.0 Å². The zero-order valence-corrected chi connectivity index (χ0v) is 16.0. The summed E-state index contributed by atoms with van der Waals surface area (Å²) in [4.78, 5) is 13.5. The van der Waals surface area contributed by atoms with Crippen LogP contribution in [0.2, 0.25) is 0 Å². The summed E-state index contributed by atoms with van der Waals surface area (Å²) < 4.78 is 5.22. The van der Waals surface area contributed by atoms with Crippen LogP contribution in [0.15, 0.2) is 85.2 Å². The van der Waals surface area contributed by atoms with E-state index in [2.05, 4.69) is 20.6 Å². The van der Waals surface area contributed by atoms with Crippen LogP contribution < -0.4 is 15.4 Å². The first kappa shape index (κ1) is 18.4. The van der Waals surface area contributed by atoms with Gasteiger partial charge in [-0.25, -0.2) is 4.98 Å². The number of benzene rings is 2. The summed E-state index contributed by atoms with van der Waals surface area (Å²) in [5.41, 5.74) is 3.83. The molecule has 0 amide bonds. The van der Waals surface area contributed by atoms with Gasteiger partial charge >= 0.3 is 0 Å². The molecule has 0 radical (unpaired) electrons. The first-order valence-electron chi connectivity index (χ1n) is 9.28. The van der Waals surface area contributed by atoms with Gasteiger partial charge in [0.05, 0.1) is 12.8 Å². The second-order valence-corrected chi connectivity index (χ2v) is 6.40. The molecule has 0 fully saturated rings. The molecule has 0 unspecified atom stereocenters. The molecule has 0 saturated heterocycles. The number of hydrogen-bond acceptors (Lipinski definition) is 6. The molecule has 2 aromatic heterocycles. The summed E-state index contributed by atoms with van der Waals surface area (Å²) in [6.07, 6.45) is 3.60. The molecule has 4 aromatic rings. The Balaban J connectivity index is 1.62. The van der Waals surface area contributed by atoms with Gasteiger partial charge in [-0.15, -0.1) is 0 Å². The number of rotatable bonds is 7. The van der Waals surface area contributed by atoms with E-state index in [1.807, 2.05) is 79.0 Å². The fourth-order valence-corrected chi connectivity index (χ4v) is 2.85. The highest BCUT2D eigenvalue weighted by Crippen LogP contribution is 2.24. The van der Waals surface area contributed by atoms with Gasteiger partial charge in [0.25, 0.3) is 0 Å². The van der Waals surface area contributed by atoms with Crippen LogP contribution in [-0.4, -0.2) is 22.1 Å². The minimum Gasteiger partial charge on any atom is -0.497 e. The molecule has 6 heteroatoms. The van der Waals surface area contributed by atoms with E-state index in [-0.39, 0.29) is 0 Å². The molecule has 0 aliphatic carbocycles. The lowest BCUT2D eigenvalue weighted by atomic mass is 10.1. The molecule has 144 valence electrons. The number of nitrogens with one attached hydrogen (secondary N) is 2. The molecule has 0 aliphatic heterocycles. The number of aromatic nitrogens is 3. The fourth-order valence-electron chi connectivity index (χ4n) is 2.85. The first-order chi connectivity index (χ1) is 14.3. The van der Waals surface area contributed by atoms with Crippen LogP contribution in [-0.2, 0) is 6.54 Å². The van der Waals surface area contributed by atoms with E-state index in [0.29, 0.717) is 12.5 Å². The molecule has 29 heavy (non-hydrogen) atoms. The Kier molecular flexibility index (Phi) is 5.62. The van der Waals surface area contributed by atoms with Gasteiger partial charge in [0.15, 0.2) is 0 Å². The topological polar surface area (TPSA) is 72.0 Å². The Labute approximate surface area is 169 Å². The monoisotopic (exact) mass is 383 g/mol. The third-order valence-electron chi connectivity index (χ3n) is 4.34. The molecule has 4 rings (SSSR count). The van der Waals surface area contributed by atoms with Crippen molar-refractivity contribution in [2.75, 3.05) is 17.7 Å². The molecule has 0 aliphatic rings. The predicted octanol–water partition coefficient (Wildman–Crippen LogP) is 4.90. The molecule has 2 aromatic carbocycles. The zero-order valence-electron chi connectivity index (χ0n) is 16.0. The van der Waals surface area contributed by atoms with Crippen LogP contribution in [0.4, 0.5) is 17.5 Å². The van der Waals surface area contributed by atoms with Gasteiger partial charge in [0.2, 0.25) is 5.95 Å². The van der Waals surface area contributed by atoms with Gasteiger partial charge in [0.1, 0.15) is 11.6 Å². The average molecular weight is 383 g/mol. The largest absolute Gasteiger partial charge is 0.497 e. The summed E-state index contributed by atoms with van der Waals surface area (Å²) in [7, 11) is 1.65. The van der Waals surface area contributed by atoms with Crippen molar-refractivity contribution in [3.8, 4) is 17.0 Å². The number of hydrogen-bond donors (Lipinski definition) is 2. The maximum atomic E-state index is 5.22. The maximum Gasteiger partial charge on any atom is 0.229 e. The molecule has 0 atom stereocenters. The molecule has 2 N–H and O–H groups in total. The third kappa shape index (κ3) is 4.87. The van der Waals surface area contributed by atoms with Crippen LogP contribution >= 0.6 is 0 Å². The summed E-state index contributed by atoms with van der Waals surface area (Å²) in [6, 6.07) is 23.6. The van der Waals surface area contributed by atoms with Gasteiger partial charge in [-0.05, 0) is 35.9 Å². The zero-order chi connectivity index (χ0) is 19.9. The lowest BCUT2D eigenvalue weighted by molar-refractivity contribution is 0.415. The standard InChI is InChI=1S/C23H21N5O/c1-29-20-11-9-19(10-12-20)26-23-27-21(18-7-3-2-4-8-18)14-22(28-23)25-16-17-6-5-13-24-15-17/h2-15H,16H2,1H3,(H2,25,26,27,28). The van der Waals surface area contributed by atoms with E-state index >= 15 is 0 Å². The van der Waals surface area contributed by atoms with Crippen molar-refractivity contribution in [3.05, 3.63) is 90.8 Å². The van der Waals surface area contributed by atoms with E-state index in [1.165, 1.54) is 0 Å². The molecule has 0 bridgehead atoms. The Morgan fingerprint density at radius 3 is 2.45 bits per heavy atom. The van der Waals surface area contributed by atoms with E-state index in [9.17, 15) is 0 Å². The molecular weight excluding hydrogens is 362 g/mol. The maximum absolute atomic E-state index is 5.22. The van der Waals surface area contributed by atoms with Crippen LogP contribution in [0.3, 0.4) is 0 Å². The third-order valence-corrected chi connectivity index (χ3v) is 4.34. The van der Waals surface area contributed by atoms with Crippen LogP contribution in [0.5, 0.6) is 5.75 Å². The van der Waals surface area contributed by atoms with Gasteiger partial charge in [-0.1, -0.05) is 36.4 Å². The van der Waals surface area contributed by atoms with Crippen LogP contribution in [0, 0.1) is 0 Å². The second kappa shape index (κ2) is 8.84. The smallest absolute Gasteiger partial charge is 0.229 e. The van der Waals surface area contributed by atoms with Crippen molar-refractivity contribution in [3.63, 3.8) is 0 Å². The van der Waals surface area contributed by atoms with E-state index in [0.717, 1.165) is 34.1 Å². The highest BCUT2D eigenvalue weighted by molar-refractivity contribution is 5.66. The number of anilines is 3. The Morgan fingerprint density at radius 2 is 1.72 bits per heavy atom. The normalized spacial score (nSPS) is 10.4. The lowest BCUT2D eigenvalue weighted by Crippen LogP contribution is -2.05. The summed E-state index contributed by atoms with van der Waals surface area (Å²) >= 11 is 0. The number of pyridine rings is 1. The SMILES string of the molecule is COc1ccc(Nc2nc(NCc3cccnc3)cc(-c3ccccc3)n2)cc1. The molecular formula is C23H21N5O. The Hall–Kier alpha value is -3.93. The molecule has 2 heterocycles. The highest BCUT2D eigenvalue weighted by atomic mass is 16.5. The fraction of sp³-hybridized carbons (Fsp3) is 0.0870. The van der Waals surface area contributed by atoms with E-state index in [4.69, 9.17) is 9.72 Å². The predicted molar refractivity (Wildman–Crippen MR) is 115 cm³/mol. The summed E-state index contributed by atoms with van der Waals surface area (Å²) in [6.45, 7) is 0.626. The van der Waals surface area contributed by atoms with Crippen molar-refractivity contribution in [1.29, 1.82) is 0 Å². The van der Waals surface area contributed by atoms with Gasteiger partial charge in [0, 0.05) is 36.3 Å². The van der Waals surface area contributed by atoms with E-state index < -0.39 is 0 Å². The average Bonchev–Trinajstić information content (AvgIpc) is 2.79. The first-order valence-corrected chi connectivity index (χ1v) is 9.28. The lowest BCUT2D eigenvalue weighted by Gasteiger charge is -2.12. The number of ether oxygens (including phenoxy) is 1. The quantitative estimate of drug-likeness (QED) is 0.473. The molecule has 0 saturated carbocycles. The van der Waals surface area contributed by atoms with Gasteiger partial charge in [-0.3, -0.25) is 4.98 Å². The molecule has 0 spiro atoms. The van der Waals surface area contributed by atoms with Crippen molar-refractivity contribution < 1.29 is 4.74 Å². The summed E-state index contributed by atoms with van der Waals surface area (Å²) in [5, 5.41) is 6.64. The van der Waals surface area contributed by atoms with Gasteiger partial charge < -0.3 is 15.4 Å². The number of nitrogens with zero attached hydrogens (tertiary/aromatic N) is 3. The van der Waals surface area contributed by atoms with Crippen LogP contribution in [0.25, 0.3) is 11.3 Å². The highest BCUT2D eigenvalue weighted by Gasteiger charge is 2.08.